The molecule has 2 aromatic rings. The monoisotopic (exact) mass is 452 g/mol. The number of carboxylic acids is 1. The van der Waals surface area contributed by atoms with E-state index in [9.17, 15) is 19.5 Å². The van der Waals surface area contributed by atoms with Crippen molar-refractivity contribution < 1.29 is 29.0 Å². The molecule has 0 bridgehead atoms. The maximum atomic E-state index is 12.6. The highest BCUT2D eigenvalue weighted by molar-refractivity contribution is 5.82. The predicted molar refractivity (Wildman–Crippen MR) is 121 cm³/mol. The van der Waals surface area contributed by atoms with Crippen LogP contribution in [-0.2, 0) is 19.1 Å². The molecule has 2 unspecified atom stereocenters. The van der Waals surface area contributed by atoms with E-state index in [0.717, 1.165) is 22.3 Å². The number of carbonyl (C=O) groups excluding carboxylic acids is 2. The van der Waals surface area contributed by atoms with Gasteiger partial charge in [-0.05, 0) is 35.6 Å². The third kappa shape index (κ3) is 4.71. The quantitative estimate of drug-likeness (QED) is 0.595. The molecule has 2 aromatic carbocycles. The molecular weight excluding hydrogens is 424 g/mol. The zero-order chi connectivity index (χ0) is 23.5. The van der Waals surface area contributed by atoms with Gasteiger partial charge in [0, 0.05) is 18.6 Å². The minimum atomic E-state index is -1.10. The smallest absolute Gasteiger partial charge is 0.407 e. The molecule has 0 radical (unpaired) electrons. The van der Waals surface area contributed by atoms with Crippen molar-refractivity contribution in [3.8, 4) is 11.1 Å². The maximum absolute atomic E-state index is 12.6. The van der Waals surface area contributed by atoms with Crippen molar-refractivity contribution in [2.75, 3.05) is 13.2 Å². The van der Waals surface area contributed by atoms with Crippen LogP contribution < -0.4 is 10.6 Å². The van der Waals surface area contributed by atoms with Gasteiger partial charge in [-0.25, -0.2) is 9.59 Å². The van der Waals surface area contributed by atoms with E-state index in [0.29, 0.717) is 6.42 Å². The summed E-state index contributed by atoms with van der Waals surface area (Å²) >= 11 is 0. The van der Waals surface area contributed by atoms with Crippen molar-refractivity contribution >= 4 is 18.0 Å². The molecule has 1 saturated heterocycles. The number of hydrogen-bond donors (Lipinski definition) is 3. The minimum Gasteiger partial charge on any atom is -0.479 e. The number of carboxylic acid groups (broad SMARTS) is 1. The molecule has 2 amide bonds. The summed E-state index contributed by atoms with van der Waals surface area (Å²) in [5, 5.41) is 14.6. The Bertz CT molecular complexity index is 1010. The molecule has 8 heteroatoms. The lowest BCUT2D eigenvalue weighted by Gasteiger charge is -2.24. The molecule has 0 spiro atoms. The molecule has 0 aromatic heterocycles. The number of carbonyl (C=O) groups is 3. The zero-order valence-electron chi connectivity index (χ0n) is 18.6. The standard InChI is InChI=1S/C25H28N2O6/c1-14(23(28)27-21-11-12-32-22(21)24(29)30)15(2)26-25(31)33-13-20-18-9-5-3-7-16(18)17-8-4-6-10-19(17)20/h3-10,14-15,20-22H,11-13H2,1-2H3,(H,26,31)(H,27,28)(H,29,30)/t14?,15?,21-,22+/m0/s1. The highest BCUT2D eigenvalue weighted by Crippen LogP contribution is 2.44. The molecule has 4 rings (SSSR count). The summed E-state index contributed by atoms with van der Waals surface area (Å²) in [5.74, 6) is -2.08. The lowest BCUT2D eigenvalue weighted by Crippen LogP contribution is -2.50. The molecule has 1 aliphatic carbocycles. The molecule has 1 heterocycles. The summed E-state index contributed by atoms with van der Waals surface area (Å²) in [6.07, 6.45) is -1.22. The third-order valence-corrected chi connectivity index (χ3v) is 6.52. The molecule has 0 saturated carbocycles. The molecule has 1 fully saturated rings. The van der Waals surface area contributed by atoms with Crippen LogP contribution in [0.5, 0.6) is 0 Å². The van der Waals surface area contributed by atoms with Gasteiger partial charge in [0.25, 0.3) is 0 Å². The highest BCUT2D eigenvalue weighted by atomic mass is 16.5. The SMILES string of the molecule is CC(NC(=O)OCC1c2ccccc2-c2ccccc21)C(C)C(=O)N[C@H]1CCO[C@H]1C(=O)O. The number of amides is 2. The van der Waals surface area contributed by atoms with E-state index in [1.807, 2.05) is 36.4 Å². The first kappa shape index (κ1) is 22.8. The number of nitrogens with one attached hydrogen (secondary N) is 2. The van der Waals surface area contributed by atoms with Crippen molar-refractivity contribution in [3.63, 3.8) is 0 Å². The van der Waals surface area contributed by atoms with Gasteiger partial charge in [-0.2, -0.15) is 0 Å². The largest absolute Gasteiger partial charge is 0.479 e. The Hall–Kier alpha value is -3.39. The first-order chi connectivity index (χ1) is 15.9. The normalized spacial score (nSPS) is 20.9. The lowest BCUT2D eigenvalue weighted by atomic mass is 9.98. The van der Waals surface area contributed by atoms with E-state index in [1.165, 1.54) is 0 Å². The first-order valence-electron chi connectivity index (χ1n) is 11.1. The molecular formula is C25H28N2O6. The van der Waals surface area contributed by atoms with Gasteiger partial charge in [0.15, 0.2) is 6.10 Å². The van der Waals surface area contributed by atoms with E-state index in [-0.39, 0.29) is 25.0 Å². The minimum absolute atomic E-state index is 0.0468. The number of aliphatic carboxylic acids is 1. The van der Waals surface area contributed by atoms with Gasteiger partial charge in [0.05, 0.1) is 12.0 Å². The van der Waals surface area contributed by atoms with Crippen LogP contribution in [0.4, 0.5) is 4.79 Å². The maximum Gasteiger partial charge on any atom is 0.407 e. The van der Waals surface area contributed by atoms with Crippen LogP contribution in [0.15, 0.2) is 48.5 Å². The fourth-order valence-electron chi connectivity index (χ4n) is 4.47. The first-order valence-corrected chi connectivity index (χ1v) is 11.1. The molecule has 3 N–H and O–H groups in total. The number of rotatable bonds is 7. The Kier molecular flexibility index (Phi) is 6.65. The van der Waals surface area contributed by atoms with Gasteiger partial charge in [-0.3, -0.25) is 4.79 Å². The summed E-state index contributed by atoms with van der Waals surface area (Å²) in [5.41, 5.74) is 4.55. The fourth-order valence-corrected chi connectivity index (χ4v) is 4.47. The summed E-state index contributed by atoms with van der Waals surface area (Å²) < 4.78 is 10.7. The van der Waals surface area contributed by atoms with Crippen LogP contribution in [-0.4, -0.2) is 54.5 Å². The summed E-state index contributed by atoms with van der Waals surface area (Å²) in [6.45, 7) is 3.86. The van der Waals surface area contributed by atoms with E-state index in [4.69, 9.17) is 9.47 Å². The molecule has 8 nitrogen and oxygen atoms in total. The van der Waals surface area contributed by atoms with Crippen LogP contribution in [0.3, 0.4) is 0 Å². The third-order valence-electron chi connectivity index (χ3n) is 6.52. The number of alkyl carbamates (subject to hydrolysis) is 1. The van der Waals surface area contributed by atoms with Crippen molar-refractivity contribution in [2.45, 2.75) is 44.4 Å². The van der Waals surface area contributed by atoms with Gasteiger partial charge < -0.3 is 25.2 Å². The van der Waals surface area contributed by atoms with Crippen molar-refractivity contribution in [1.29, 1.82) is 0 Å². The molecule has 1 aliphatic heterocycles. The number of hydrogen-bond acceptors (Lipinski definition) is 5. The topological polar surface area (TPSA) is 114 Å². The average Bonchev–Trinajstić information content (AvgIpc) is 3.39. The van der Waals surface area contributed by atoms with Crippen LogP contribution in [0, 0.1) is 5.92 Å². The zero-order valence-corrected chi connectivity index (χ0v) is 18.6. The van der Waals surface area contributed by atoms with Crippen LogP contribution in [0.25, 0.3) is 11.1 Å². The van der Waals surface area contributed by atoms with Crippen LogP contribution in [0.1, 0.15) is 37.3 Å². The van der Waals surface area contributed by atoms with E-state index in [1.54, 1.807) is 13.8 Å². The van der Waals surface area contributed by atoms with Crippen molar-refractivity contribution in [2.24, 2.45) is 5.92 Å². The molecule has 4 atom stereocenters. The lowest BCUT2D eigenvalue weighted by molar-refractivity contribution is -0.148. The molecule has 33 heavy (non-hydrogen) atoms. The number of benzene rings is 2. The van der Waals surface area contributed by atoms with Gasteiger partial charge in [-0.1, -0.05) is 55.5 Å². The summed E-state index contributed by atoms with van der Waals surface area (Å²) in [7, 11) is 0. The van der Waals surface area contributed by atoms with Crippen LogP contribution >= 0.6 is 0 Å². The average molecular weight is 453 g/mol. The Balaban J connectivity index is 1.32. The Labute approximate surface area is 192 Å². The second-order valence-corrected chi connectivity index (χ2v) is 8.58. The van der Waals surface area contributed by atoms with Gasteiger partial charge in [-0.15, -0.1) is 0 Å². The second-order valence-electron chi connectivity index (χ2n) is 8.58. The molecule has 174 valence electrons. The summed E-state index contributed by atoms with van der Waals surface area (Å²) in [6, 6.07) is 15.1. The Morgan fingerprint density at radius 2 is 1.67 bits per heavy atom. The highest BCUT2D eigenvalue weighted by Gasteiger charge is 2.36. The van der Waals surface area contributed by atoms with E-state index < -0.39 is 36.2 Å². The van der Waals surface area contributed by atoms with Gasteiger partial charge >= 0.3 is 12.1 Å². The molecule has 2 aliphatic rings. The van der Waals surface area contributed by atoms with E-state index in [2.05, 4.69) is 22.8 Å². The Morgan fingerprint density at radius 1 is 1.06 bits per heavy atom. The predicted octanol–water partition coefficient (Wildman–Crippen LogP) is 2.91. The summed E-state index contributed by atoms with van der Waals surface area (Å²) in [4.78, 5) is 36.3. The van der Waals surface area contributed by atoms with Crippen LogP contribution in [0.2, 0.25) is 0 Å². The number of ether oxygens (including phenoxy) is 2. The van der Waals surface area contributed by atoms with Crippen molar-refractivity contribution in [1.82, 2.24) is 10.6 Å². The van der Waals surface area contributed by atoms with Gasteiger partial charge in [0.2, 0.25) is 5.91 Å². The van der Waals surface area contributed by atoms with Crippen molar-refractivity contribution in [3.05, 3.63) is 59.7 Å². The van der Waals surface area contributed by atoms with E-state index >= 15 is 0 Å². The fraction of sp³-hybridized carbons (Fsp3) is 0.400. The van der Waals surface area contributed by atoms with Gasteiger partial charge in [0.1, 0.15) is 6.61 Å². The Morgan fingerprint density at radius 3 is 2.27 bits per heavy atom. The second kappa shape index (κ2) is 9.62. The number of fused-ring (bicyclic) bond motifs is 3.